The Morgan fingerprint density at radius 1 is 1.18 bits per heavy atom. The van der Waals surface area contributed by atoms with Crippen molar-refractivity contribution in [1.29, 1.82) is 0 Å². The third-order valence-corrected chi connectivity index (χ3v) is 3.87. The van der Waals surface area contributed by atoms with E-state index in [4.69, 9.17) is 4.74 Å². The van der Waals surface area contributed by atoms with Crippen molar-refractivity contribution in [3.63, 3.8) is 0 Å². The highest BCUT2D eigenvalue weighted by atomic mass is 16.5. The fourth-order valence-electron chi connectivity index (χ4n) is 2.66. The molecule has 1 aromatic rings. The van der Waals surface area contributed by atoms with Crippen molar-refractivity contribution in [2.24, 2.45) is 5.92 Å². The molecule has 1 aliphatic rings. The first-order chi connectivity index (χ1) is 8.13. The molecule has 0 saturated carbocycles. The zero-order valence-electron chi connectivity index (χ0n) is 11.0. The maximum Gasteiger partial charge on any atom is 0.0877 e. The summed E-state index contributed by atoms with van der Waals surface area (Å²) in [6.07, 6.45) is 2.20. The van der Waals surface area contributed by atoms with Crippen LogP contribution in [0, 0.1) is 26.7 Å². The van der Waals surface area contributed by atoms with Crippen molar-refractivity contribution in [3.8, 4) is 0 Å². The summed E-state index contributed by atoms with van der Waals surface area (Å²) in [5.74, 6) is 0.254. The zero-order chi connectivity index (χ0) is 12.4. The minimum absolute atomic E-state index is 0.0769. The van der Waals surface area contributed by atoms with Crippen molar-refractivity contribution in [2.45, 2.75) is 39.7 Å². The Morgan fingerprint density at radius 2 is 1.88 bits per heavy atom. The van der Waals surface area contributed by atoms with Crippen LogP contribution in [-0.2, 0) is 4.74 Å². The number of hydrogen-bond acceptors (Lipinski definition) is 2. The number of aliphatic hydroxyl groups excluding tert-OH is 1. The Hall–Kier alpha value is -0.860. The van der Waals surface area contributed by atoms with Gasteiger partial charge >= 0.3 is 0 Å². The molecule has 2 unspecified atom stereocenters. The van der Waals surface area contributed by atoms with Crippen LogP contribution in [-0.4, -0.2) is 18.3 Å². The van der Waals surface area contributed by atoms with Crippen molar-refractivity contribution in [3.05, 3.63) is 34.4 Å². The third-order valence-electron chi connectivity index (χ3n) is 3.87. The maximum absolute atomic E-state index is 9.46. The number of aryl methyl sites for hydroxylation is 3. The van der Waals surface area contributed by atoms with Gasteiger partial charge in [-0.05, 0) is 55.9 Å². The molecule has 2 atom stereocenters. The van der Waals surface area contributed by atoms with Gasteiger partial charge in [-0.2, -0.15) is 0 Å². The molecule has 0 aromatic heterocycles. The van der Waals surface area contributed by atoms with Gasteiger partial charge in [0.15, 0.2) is 0 Å². The monoisotopic (exact) mass is 234 g/mol. The number of rotatable bonds is 2. The summed E-state index contributed by atoms with van der Waals surface area (Å²) in [6.45, 7) is 7.44. The summed E-state index contributed by atoms with van der Waals surface area (Å²) in [7, 11) is 0. The number of ether oxygens (including phenoxy) is 1. The lowest BCUT2D eigenvalue weighted by Crippen LogP contribution is -2.26. The van der Waals surface area contributed by atoms with Gasteiger partial charge in [-0.3, -0.25) is 0 Å². The summed E-state index contributed by atoms with van der Waals surface area (Å²) >= 11 is 0. The average molecular weight is 234 g/mol. The zero-order valence-corrected chi connectivity index (χ0v) is 11.0. The highest BCUT2D eigenvalue weighted by Gasteiger charge is 2.28. The molecule has 2 heteroatoms. The molecule has 1 fully saturated rings. The molecule has 0 bridgehead atoms. The smallest absolute Gasteiger partial charge is 0.0877 e. The molecule has 17 heavy (non-hydrogen) atoms. The fourth-order valence-corrected chi connectivity index (χ4v) is 2.66. The van der Waals surface area contributed by atoms with Crippen molar-refractivity contribution >= 4 is 0 Å². The van der Waals surface area contributed by atoms with Crippen LogP contribution >= 0.6 is 0 Å². The largest absolute Gasteiger partial charge is 0.396 e. The molecule has 0 radical (unpaired) electrons. The van der Waals surface area contributed by atoms with E-state index in [1.165, 1.54) is 22.3 Å². The molecule has 1 aliphatic heterocycles. The summed E-state index contributed by atoms with van der Waals surface area (Å²) in [4.78, 5) is 0. The van der Waals surface area contributed by atoms with E-state index in [1.54, 1.807) is 0 Å². The van der Waals surface area contributed by atoms with E-state index in [2.05, 4.69) is 32.9 Å². The normalized spacial score (nSPS) is 24.9. The van der Waals surface area contributed by atoms with Crippen LogP contribution < -0.4 is 0 Å². The first-order valence-electron chi connectivity index (χ1n) is 6.43. The average Bonchev–Trinajstić information content (AvgIpc) is 2.34. The van der Waals surface area contributed by atoms with Gasteiger partial charge in [0.1, 0.15) is 0 Å². The Morgan fingerprint density at radius 3 is 2.59 bits per heavy atom. The quantitative estimate of drug-likeness (QED) is 0.852. The Balaban J connectivity index is 2.34. The lowest BCUT2D eigenvalue weighted by atomic mass is 9.86. The van der Waals surface area contributed by atoms with Crippen LogP contribution in [0.2, 0.25) is 0 Å². The molecule has 1 heterocycles. The second-order valence-electron chi connectivity index (χ2n) is 5.17. The minimum Gasteiger partial charge on any atom is -0.396 e. The van der Waals surface area contributed by atoms with E-state index >= 15 is 0 Å². The molecule has 2 nitrogen and oxygen atoms in total. The molecule has 94 valence electrons. The van der Waals surface area contributed by atoms with Crippen LogP contribution in [0.4, 0.5) is 0 Å². The first kappa shape index (κ1) is 12.6. The standard InChI is InChI=1S/C15H22O2/c1-10-7-12(3)14(8-11(10)2)15-13(9-16)5-4-6-17-15/h7-8,13,15-16H,4-6,9H2,1-3H3. The lowest BCUT2D eigenvalue weighted by molar-refractivity contribution is -0.0460. The van der Waals surface area contributed by atoms with Gasteiger partial charge < -0.3 is 9.84 Å². The third kappa shape index (κ3) is 2.53. The van der Waals surface area contributed by atoms with Crippen LogP contribution in [0.15, 0.2) is 12.1 Å². The van der Waals surface area contributed by atoms with Crippen LogP contribution in [0.3, 0.4) is 0 Å². The van der Waals surface area contributed by atoms with E-state index in [0.29, 0.717) is 0 Å². The topological polar surface area (TPSA) is 29.5 Å². The molecule has 0 amide bonds. The highest BCUT2D eigenvalue weighted by molar-refractivity contribution is 5.38. The predicted octanol–water partition coefficient (Wildman–Crippen LogP) is 3.07. The summed E-state index contributed by atoms with van der Waals surface area (Å²) in [5.41, 5.74) is 5.16. The van der Waals surface area contributed by atoms with E-state index in [-0.39, 0.29) is 18.6 Å². The maximum atomic E-state index is 9.46. The molecule has 0 aliphatic carbocycles. The van der Waals surface area contributed by atoms with Gasteiger partial charge in [0.25, 0.3) is 0 Å². The van der Waals surface area contributed by atoms with Gasteiger partial charge in [0.05, 0.1) is 6.10 Å². The molecular weight excluding hydrogens is 212 g/mol. The van der Waals surface area contributed by atoms with Crippen LogP contribution in [0.1, 0.15) is 41.2 Å². The highest BCUT2D eigenvalue weighted by Crippen LogP contribution is 2.35. The molecule has 0 spiro atoms. The van der Waals surface area contributed by atoms with Gasteiger partial charge in [-0.15, -0.1) is 0 Å². The molecule has 2 rings (SSSR count). The Labute approximate surface area is 104 Å². The summed E-state index contributed by atoms with van der Waals surface area (Å²) in [5, 5.41) is 9.46. The lowest BCUT2D eigenvalue weighted by Gasteiger charge is -2.32. The van der Waals surface area contributed by atoms with E-state index in [1.807, 2.05) is 0 Å². The predicted molar refractivity (Wildman–Crippen MR) is 69.2 cm³/mol. The number of aliphatic hydroxyl groups is 1. The van der Waals surface area contributed by atoms with E-state index in [9.17, 15) is 5.11 Å². The molecule has 1 N–H and O–H groups in total. The van der Waals surface area contributed by atoms with Crippen molar-refractivity contribution in [1.82, 2.24) is 0 Å². The van der Waals surface area contributed by atoms with Gasteiger partial charge in [0, 0.05) is 19.1 Å². The minimum atomic E-state index is 0.0769. The second-order valence-corrected chi connectivity index (χ2v) is 5.17. The van der Waals surface area contributed by atoms with Gasteiger partial charge in [-0.25, -0.2) is 0 Å². The van der Waals surface area contributed by atoms with E-state index in [0.717, 1.165) is 19.4 Å². The fraction of sp³-hybridized carbons (Fsp3) is 0.600. The van der Waals surface area contributed by atoms with Crippen molar-refractivity contribution < 1.29 is 9.84 Å². The number of benzene rings is 1. The van der Waals surface area contributed by atoms with E-state index < -0.39 is 0 Å². The SMILES string of the molecule is Cc1cc(C)c(C2OCCCC2CO)cc1C. The first-order valence-corrected chi connectivity index (χ1v) is 6.43. The number of hydrogen-bond donors (Lipinski definition) is 1. The van der Waals surface area contributed by atoms with Gasteiger partial charge in [-0.1, -0.05) is 12.1 Å². The van der Waals surface area contributed by atoms with Crippen LogP contribution in [0.25, 0.3) is 0 Å². The second kappa shape index (κ2) is 5.19. The summed E-state index contributed by atoms with van der Waals surface area (Å²) in [6, 6.07) is 4.44. The molecular formula is C15H22O2. The summed E-state index contributed by atoms with van der Waals surface area (Å²) < 4.78 is 5.88. The van der Waals surface area contributed by atoms with Gasteiger partial charge in [0.2, 0.25) is 0 Å². The Kier molecular flexibility index (Phi) is 3.85. The van der Waals surface area contributed by atoms with Crippen molar-refractivity contribution in [2.75, 3.05) is 13.2 Å². The molecule has 1 saturated heterocycles. The van der Waals surface area contributed by atoms with Crippen LogP contribution in [0.5, 0.6) is 0 Å². The Bertz CT molecular complexity index is 398. The molecule has 1 aromatic carbocycles.